The highest BCUT2D eigenvalue weighted by Crippen LogP contribution is 2.29. The van der Waals surface area contributed by atoms with Crippen molar-refractivity contribution in [2.24, 2.45) is 4.99 Å². The first kappa shape index (κ1) is 23.1. The van der Waals surface area contributed by atoms with Gasteiger partial charge in [-0.1, -0.05) is 47.5 Å². The number of carbonyl (C=O) groups is 1. The fourth-order valence-electron chi connectivity index (χ4n) is 4.39. The molecule has 4 aromatic rings. The number of benzodiazepines with no additional fused rings is 1. The maximum Gasteiger partial charge on any atom is 0.326 e. The minimum atomic E-state index is -0.641. The van der Waals surface area contributed by atoms with Crippen LogP contribution in [0, 0.1) is 6.92 Å². The number of hydrogen-bond donors (Lipinski definition) is 3. The number of aliphatic imine (C=N–C) groups is 1. The van der Waals surface area contributed by atoms with E-state index in [2.05, 4.69) is 10.3 Å². The summed E-state index contributed by atoms with van der Waals surface area (Å²) in [6.45, 7) is 2.41. The minimum Gasteiger partial charge on any atom is -0.396 e. The first-order valence-electron chi connectivity index (χ1n) is 11.5. The highest BCUT2D eigenvalue weighted by atomic mass is 35.5. The van der Waals surface area contributed by atoms with Gasteiger partial charge in [-0.25, -0.2) is 4.79 Å². The molecule has 0 aliphatic carbocycles. The highest BCUT2D eigenvalue weighted by molar-refractivity contribution is 6.32. The molecule has 35 heavy (non-hydrogen) atoms. The summed E-state index contributed by atoms with van der Waals surface area (Å²) in [5.74, 6) is -0.188. The van der Waals surface area contributed by atoms with E-state index in [0.717, 1.165) is 22.3 Å². The van der Waals surface area contributed by atoms with Gasteiger partial charge in [0, 0.05) is 35.7 Å². The van der Waals surface area contributed by atoms with Crippen LogP contribution in [0.2, 0.25) is 5.02 Å². The lowest BCUT2D eigenvalue weighted by Crippen LogP contribution is -2.27. The summed E-state index contributed by atoms with van der Waals surface area (Å²) >= 11 is 6.34. The van der Waals surface area contributed by atoms with Gasteiger partial charge in [0.2, 0.25) is 5.91 Å². The normalized spacial score (nSPS) is 15.5. The van der Waals surface area contributed by atoms with Gasteiger partial charge in [-0.2, -0.15) is 0 Å². The maximum atomic E-state index is 13.2. The molecule has 1 aliphatic heterocycles. The van der Waals surface area contributed by atoms with Gasteiger partial charge < -0.3 is 15.4 Å². The Hall–Kier alpha value is -3.68. The Morgan fingerprint density at radius 3 is 2.63 bits per heavy atom. The van der Waals surface area contributed by atoms with Crippen molar-refractivity contribution in [1.82, 2.24) is 9.55 Å². The van der Waals surface area contributed by atoms with Gasteiger partial charge in [-0.05, 0) is 49.2 Å². The largest absolute Gasteiger partial charge is 0.396 e. The van der Waals surface area contributed by atoms with Crippen molar-refractivity contribution in [1.29, 1.82) is 0 Å². The summed E-state index contributed by atoms with van der Waals surface area (Å²) in [6.07, 6.45) is 0.915. The van der Waals surface area contributed by atoms with Crippen LogP contribution in [0.1, 0.15) is 28.7 Å². The van der Waals surface area contributed by atoms with E-state index in [9.17, 15) is 14.7 Å². The summed E-state index contributed by atoms with van der Waals surface area (Å²) in [4.78, 5) is 33.4. The molecule has 1 aromatic heterocycles. The molecule has 3 aromatic carbocycles. The SMILES string of the molecule is Cc1ccc(CC2N=C(c3ccc4[nH]c(=O)n(CCCO)c4c3)c3cc(Cl)ccc3NC2=O)cc1. The summed E-state index contributed by atoms with van der Waals surface area (Å²) in [7, 11) is 0. The Balaban J connectivity index is 1.65. The number of nitrogens with zero attached hydrogens (tertiary/aromatic N) is 2. The summed E-state index contributed by atoms with van der Waals surface area (Å²) in [5.41, 5.74) is 6.09. The zero-order valence-electron chi connectivity index (χ0n) is 19.2. The highest BCUT2D eigenvalue weighted by Gasteiger charge is 2.26. The van der Waals surface area contributed by atoms with E-state index in [4.69, 9.17) is 16.6 Å². The second-order valence-electron chi connectivity index (χ2n) is 8.75. The monoisotopic (exact) mass is 488 g/mol. The van der Waals surface area contributed by atoms with Crippen molar-refractivity contribution in [3.63, 3.8) is 0 Å². The van der Waals surface area contributed by atoms with Gasteiger partial charge in [-0.15, -0.1) is 0 Å². The molecule has 5 rings (SSSR count). The maximum absolute atomic E-state index is 13.2. The standard InChI is InChI=1S/C27H25ClN4O3/c1-16-3-5-17(6-4-16)13-23-26(34)30-21-10-8-19(28)15-20(21)25(29-23)18-7-9-22-24(14-18)32(11-2-12-33)27(35)31-22/h3-10,14-15,23,33H,2,11-13H2,1H3,(H,30,34)(H,31,35). The van der Waals surface area contributed by atoms with E-state index in [1.54, 1.807) is 22.8 Å². The Kier molecular flexibility index (Phi) is 6.28. The number of aliphatic hydroxyl groups is 1. The van der Waals surface area contributed by atoms with Gasteiger partial charge in [0.1, 0.15) is 6.04 Å². The summed E-state index contributed by atoms with van der Waals surface area (Å²) < 4.78 is 1.61. The first-order valence-corrected chi connectivity index (χ1v) is 11.9. The van der Waals surface area contributed by atoms with Crippen LogP contribution >= 0.6 is 11.6 Å². The second-order valence-corrected chi connectivity index (χ2v) is 9.19. The smallest absolute Gasteiger partial charge is 0.326 e. The van der Waals surface area contributed by atoms with E-state index in [1.807, 2.05) is 49.4 Å². The average Bonchev–Trinajstić information content (AvgIpc) is 3.09. The van der Waals surface area contributed by atoms with Crippen molar-refractivity contribution in [2.75, 3.05) is 11.9 Å². The van der Waals surface area contributed by atoms with Crippen molar-refractivity contribution in [3.05, 3.63) is 98.4 Å². The molecule has 1 aliphatic rings. The number of aromatic amines is 1. The van der Waals surface area contributed by atoms with Crippen LogP contribution in [0.5, 0.6) is 0 Å². The number of H-pyrrole nitrogens is 1. The third-order valence-electron chi connectivity index (χ3n) is 6.22. The third kappa shape index (κ3) is 4.65. The number of amides is 1. The van der Waals surface area contributed by atoms with Gasteiger partial charge in [-0.3, -0.25) is 14.4 Å². The van der Waals surface area contributed by atoms with Crippen LogP contribution < -0.4 is 11.0 Å². The summed E-state index contributed by atoms with van der Waals surface area (Å²) in [6, 6.07) is 18.4. The molecule has 178 valence electrons. The molecule has 0 spiro atoms. The van der Waals surface area contributed by atoms with Crippen LogP contribution in [0.25, 0.3) is 11.0 Å². The minimum absolute atomic E-state index is 0.00808. The fourth-order valence-corrected chi connectivity index (χ4v) is 4.56. The molecule has 0 bridgehead atoms. The lowest BCUT2D eigenvalue weighted by Gasteiger charge is -2.12. The number of halogens is 1. The van der Waals surface area contributed by atoms with Crippen LogP contribution in [0.4, 0.5) is 5.69 Å². The van der Waals surface area contributed by atoms with E-state index < -0.39 is 6.04 Å². The first-order chi connectivity index (χ1) is 16.9. The molecule has 1 atom stereocenters. The van der Waals surface area contributed by atoms with Crippen LogP contribution in [0.3, 0.4) is 0 Å². The number of anilines is 1. The predicted molar refractivity (Wildman–Crippen MR) is 139 cm³/mol. The second kappa shape index (κ2) is 9.52. The number of hydrogen-bond acceptors (Lipinski definition) is 4. The predicted octanol–water partition coefficient (Wildman–Crippen LogP) is 4.07. The molecule has 1 amide bonds. The third-order valence-corrected chi connectivity index (χ3v) is 6.46. The molecule has 8 heteroatoms. The van der Waals surface area contributed by atoms with E-state index in [-0.39, 0.29) is 18.2 Å². The van der Waals surface area contributed by atoms with Crippen LogP contribution in [0.15, 0.2) is 70.5 Å². The molecule has 3 N–H and O–H groups in total. The number of aliphatic hydroxyl groups excluding tert-OH is 1. The van der Waals surface area contributed by atoms with Crippen molar-refractivity contribution >= 4 is 39.9 Å². The molecule has 0 fully saturated rings. The van der Waals surface area contributed by atoms with Crippen molar-refractivity contribution in [3.8, 4) is 0 Å². The molecule has 2 heterocycles. The number of nitrogens with one attached hydrogen (secondary N) is 2. The van der Waals surface area contributed by atoms with Crippen molar-refractivity contribution < 1.29 is 9.90 Å². The van der Waals surface area contributed by atoms with E-state index >= 15 is 0 Å². The van der Waals surface area contributed by atoms with Gasteiger partial charge >= 0.3 is 5.69 Å². The Morgan fingerprint density at radius 2 is 1.86 bits per heavy atom. The molecular weight excluding hydrogens is 464 g/mol. The van der Waals surface area contributed by atoms with Gasteiger partial charge in [0.05, 0.1) is 22.4 Å². The lowest BCUT2D eigenvalue weighted by atomic mass is 9.99. The van der Waals surface area contributed by atoms with Crippen LogP contribution in [-0.4, -0.2) is 38.9 Å². The molecule has 0 radical (unpaired) electrons. The molecule has 0 saturated carbocycles. The topological polar surface area (TPSA) is 99.5 Å². The van der Waals surface area contributed by atoms with Gasteiger partial charge in [0.15, 0.2) is 0 Å². The Morgan fingerprint density at radius 1 is 1.06 bits per heavy atom. The van der Waals surface area contributed by atoms with Gasteiger partial charge in [0.25, 0.3) is 0 Å². The molecule has 1 unspecified atom stereocenters. The zero-order chi connectivity index (χ0) is 24.5. The number of imidazole rings is 1. The molecule has 7 nitrogen and oxygen atoms in total. The number of rotatable bonds is 6. The van der Waals surface area contributed by atoms with Crippen molar-refractivity contribution in [2.45, 2.75) is 32.4 Å². The van der Waals surface area contributed by atoms with E-state index in [0.29, 0.717) is 46.8 Å². The lowest BCUT2D eigenvalue weighted by molar-refractivity contribution is -0.117. The number of fused-ring (bicyclic) bond motifs is 2. The Labute approximate surface area is 207 Å². The molecule has 0 saturated heterocycles. The quantitative estimate of drug-likeness (QED) is 0.381. The number of aromatic nitrogens is 2. The fraction of sp³-hybridized carbons (Fsp3) is 0.222. The Bertz CT molecular complexity index is 1500. The molecular formula is C27H25ClN4O3. The zero-order valence-corrected chi connectivity index (χ0v) is 20.0. The van der Waals surface area contributed by atoms with Crippen LogP contribution in [-0.2, 0) is 17.8 Å². The summed E-state index contributed by atoms with van der Waals surface area (Å²) in [5, 5.41) is 12.8. The number of carbonyl (C=O) groups excluding carboxylic acids is 1. The average molecular weight is 489 g/mol. The number of aryl methyl sites for hydroxylation is 2. The van der Waals surface area contributed by atoms with E-state index in [1.165, 1.54) is 0 Å². The number of benzene rings is 3.